The van der Waals surface area contributed by atoms with Gasteiger partial charge >= 0.3 is 0 Å². The summed E-state index contributed by atoms with van der Waals surface area (Å²) in [6.07, 6.45) is 1.18. The molecule has 0 aliphatic carbocycles. The molecule has 0 saturated carbocycles. The highest BCUT2D eigenvalue weighted by molar-refractivity contribution is 6.28. The zero-order chi connectivity index (χ0) is 11.1. The highest BCUT2D eigenvalue weighted by atomic mass is 35.5. The van der Waals surface area contributed by atoms with Gasteiger partial charge in [0.1, 0.15) is 5.76 Å². The van der Waals surface area contributed by atoms with Crippen LogP contribution in [-0.2, 0) is 6.54 Å². The molecule has 0 bridgehead atoms. The summed E-state index contributed by atoms with van der Waals surface area (Å²) in [4.78, 5) is 2.21. The van der Waals surface area contributed by atoms with Gasteiger partial charge in [0, 0.05) is 13.1 Å². The van der Waals surface area contributed by atoms with Crippen molar-refractivity contribution in [3.05, 3.63) is 23.1 Å². The quantitative estimate of drug-likeness (QED) is 0.729. The molecule has 0 atom stereocenters. The molecule has 86 valence electrons. The van der Waals surface area contributed by atoms with E-state index in [0.29, 0.717) is 5.22 Å². The number of nitrogens with zero attached hydrogens (tertiary/aromatic N) is 1. The van der Waals surface area contributed by atoms with Gasteiger partial charge in [-0.2, -0.15) is 0 Å². The van der Waals surface area contributed by atoms with E-state index < -0.39 is 0 Å². The Labute approximate surface area is 96.4 Å². The second-order valence-corrected chi connectivity index (χ2v) is 4.07. The van der Waals surface area contributed by atoms with E-state index in [1.165, 1.54) is 6.42 Å². The van der Waals surface area contributed by atoms with Crippen molar-refractivity contribution >= 4 is 11.6 Å². The number of halogens is 1. The lowest BCUT2D eigenvalue weighted by Crippen LogP contribution is -2.29. The average molecular weight is 231 g/mol. The van der Waals surface area contributed by atoms with Crippen LogP contribution in [0.3, 0.4) is 0 Å². The van der Waals surface area contributed by atoms with Crippen LogP contribution >= 0.6 is 11.6 Å². The third-order valence-corrected chi connectivity index (χ3v) is 2.35. The summed E-state index contributed by atoms with van der Waals surface area (Å²) >= 11 is 5.69. The summed E-state index contributed by atoms with van der Waals surface area (Å²) in [7, 11) is 2.07. The highest BCUT2D eigenvalue weighted by Gasteiger charge is 2.03. The van der Waals surface area contributed by atoms with E-state index in [-0.39, 0.29) is 0 Å². The molecule has 4 heteroatoms. The molecule has 15 heavy (non-hydrogen) atoms. The average Bonchev–Trinajstić information content (AvgIpc) is 2.59. The molecule has 0 aliphatic rings. The summed E-state index contributed by atoms with van der Waals surface area (Å²) in [5.41, 5.74) is 0. The van der Waals surface area contributed by atoms with Crippen LogP contribution in [-0.4, -0.2) is 31.6 Å². The minimum atomic E-state index is 0.461. The summed E-state index contributed by atoms with van der Waals surface area (Å²) in [5.74, 6) is 0.915. The van der Waals surface area contributed by atoms with Crippen LogP contribution < -0.4 is 5.32 Å². The Hall–Kier alpha value is -0.510. The van der Waals surface area contributed by atoms with Gasteiger partial charge in [0.25, 0.3) is 0 Å². The van der Waals surface area contributed by atoms with Crippen LogP contribution in [0.4, 0.5) is 0 Å². The molecule has 0 aliphatic heterocycles. The lowest BCUT2D eigenvalue weighted by atomic mass is 10.4. The lowest BCUT2D eigenvalue weighted by Gasteiger charge is -2.15. The molecule has 0 aromatic carbocycles. The second kappa shape index (κ2) is 6.88. The maximum absolute atomic E-state index is 5.69. The van der Waals surface area contributed by atoms with Crippen LogP contribution in [0.15, 0.2) is 16.5 Å². The van der Waals surface area contributed by atoms with Gasteiger partial charge in [0.05, 0.1) is 6.54 Å². The van der Waals surface area contributed by atoms with Gasteiger partial charge in [0.15, 0.2) is 5.22 Å². The standard InChI is InChI=1S/C11H19ClN2O/c1-3-6-13-7-8-14(2)9-10-4-5-11(12)15-10/h4-5,13H,3,6-9H2,1-2H3. The van der Waals surface area contributed by atoms with Crippen molar-refractivity contribution in [2.45, 2.75) is 19.9 Å². The molecule has 0 fully saturated rings. The van der Waals surface area contributed by atoms with Crippen LogP contribution in [0.1, 0.15) is 19.1 Å². The van der Waals surface area contributed by atoms with Crippen LogP contribution in [0.2, 0.25) is 5.22 Å². The van der Waals surface area contributed by atoms with E-state index in [4.69, 9.17) is 16.0 Å². The van der Waals surface area contributed by atoms with Gasteiger partial charge in [-0.05, 0) is 43.7 Å². The Morgan fingerprint density at radius 2 is 2.20 bits per heavy atom. The van der Waals surface area contributed by atoms with Crippen molar-refractivity contribution in [2.75, 3.05) is 26.7 Å². The van der Waals surface area contributed by atoms with Gasteiger partial charge < -0.3 is 9.73 Å². The maximum Gasteiger partial charge on any atom is 0.193 e. The summed E-state index contributed by atoms with van der Waals surface area (Å²) in [6.45, 7) is 6.08. The Balaban J connectivity index is 2.15. The van der Waals surface area contributed by atoms with E-state index in [1.54, 1.807) is 6.07 Å². The summed E-state index contributed by atoms with van der Waals surface area (Å²) < 4.78 is 5.28. The van der Waals surface area contributed by atoms with E-state index in [9.17, 15) is 0 Å². The first kappa shape index (κ1) is 12.6. The molecule has 1 aromatic heterocycles. The predicted octanol–water partition coefficient (Wildman–Crippen LogP) is 2.36. The van der Waals surface area contributed by atoms with Gasteiger partial charge in [0.2, 0.25) is 0 Å². The third kappa shape index (κ3) is 5.21. The maximum atomic E-state index is 5.69. The number of furan rings is 1. The Kier molecular flexibility index (Phi) is 5.76. The number of nitrogens with one attached hydrogen (secondary N) is 1. The first-order chi connectivity index (χ1) is 7.22. The number of rotatable bonds is 7. The highest BCUT2D eigenvalue weighted by Crippen LogP contribution is 2.14. The van der Waals surface area contributed by atoms with Crippen molar-refractivity contribution in [1.82, 2.24) is 10.2 Å². The minimum absolute atomic E-state index is 0.461. The topological polar surface area (TPSA) is 28.4 Å². The number of likely N-dealkylation sites (N-methyl/N-ethyl adjacent to an activating group) is 1. The number of hydrogen-bond donors (Lipinski definition) is 1. The van der Waals surface area contributed by atoms with Crippen LogP contribution in [0, 0.1) is 0 Å². The monoisotopic (exact) mass is 230 g/mol. The molecular formula is C11H19ClN2O. The van der Waals surface area contributed by atoms with Crippen molar-refractivity contribution in [3.63, 3.8) is 0 Å². The largest absolute Gasteiger partial charge is 0.448 e. The second-order valence-electron chi connectivity index (χ2n) is 3.69. The molecule has 0 unspecified atom stereocenters. The molecule has 1 aromatic rings. The third-order valence-electron chi connectivity index (χ3n) is 2.15. The van der Waals surface area contributed by atoms with Crippen molar-refractivity contribution in [2.24, 2.45) is 0 Å². The first-order valence-corrected chi connectivity index (χ1v) is 5.73. The van der Waals surface area contributed by atoms with Crippen LogP contribution in [0.5, 0.6) is 0 Å². The van der Waals surface area contributed by atoms with Gasteiger partial charge in [-0.3, -0.25) is 4.90 Å². The SMILES string of the molecule is CCCNCCN(C)Cc1ccc(Cl)o1. The minimum Gasteiger partial charge on any atom is -0.448 e. The van der Waals surface area contributed by atoms with Gasteiger partial charge in [-0.1, -0.05) is 6.92 Å². The predicted molar refractivity (Wildman–Crippen MR) is 63.2 cm³/mol. The fourth-order valence-electron chi connectivity index (χ4n) is 1.35. The van der Waals surface area contributed by atoms with E-state index in [2.05, 4.69) is 24.2 Å². The van der Waals surface area contributed by atoms with Gasteiger partial charge in [-0.25, -0.2) is 0 Å². The Bertz CT molecular complexity index is 275. The van der Waals surface area contributed by atoms with E-state index >= 15 is 0 Å². The zero-order valence-corrected chi connectivity index (χ0v) is 10.2. The van der Waals surface area contributed by atoms with E-state index in [1.807, 2.05) is 6.07 Å². The Morgan fingerprint density at radius 1 is 1.40 bits per heavy atom. The Morgan fingerprint density at radius 3 is 2.80 bits per heavy atom. The normalized spacial score (nSPS) is 11.2. The molecular weight excluding hydrogens is 212 g/mol. The van der Waals surface area contributed by atoms with Crippen LogP contribution in [0.25, 0.3) is 0 Å². The molecule has 0 amide bonds. The molecule has 1 rings (SSSR count). The zero-order valence-electron chi connectivity index (χ0n) is 9.42. The van der Waals surface area contributed by atoms with Crippen molar-refractivity contribution in [1.29, 1.82) is 0 Å². The molecule has 1 heterocycles. The first-order valence-electron chi connectivity index (χ1n) is 5.36. The van der Waals surface area contributed by atoms with E-state index in [0.717, 1.165) is 31.9 Å². The summed E-state index contributed by atoms with van der Waals surface area (Å²) in [5, 5.41) is 3.82. The smallest absolute Gasteiger partial charge is 0.193 e. The number of hydrogen-bond acceptors (Lipinski definition) is 3. The van der Waals surface area contributed by atoms with Crippen molar-refractivity contribution < 1.29 is 4.42 Å². The molecule has 1 N–H and O–H groups in total. The fourth-order valence-corrected chi connectivity index (χ4v) is 1.52. The fraction of sp³-hybridized carbons (Fsp3) is 0.636. The summed E-state index contributed by atoms with van der Waals surface area (Å²) in [6, 6.07) is 3.69. The molecule has 3 nitrogen and oxygen atoms in total. The molecule has 0 spiro atoms. The molecule has 0 saturated heterocycles. The van der Waals surface area contributed by atoms with Crippen molar-refractivity contribution in [3.8, 4) is 0 Å². The molecule has 0 radical (unpaired) electrons. The van der Waals surface area contributed by atoms with Gasteiger partial charge in [-0.15, -0.1) is 0 Å². The lowest BCUT2D eigenvalue weighted by molar-refractivity contribution is 0.294.